The van der Waals surface area contributed by atoms with E-state index in [1.165, 1.54) is 11.3 Å². The van der Waals surface area contributed by atoms with E-state index in [1.807, 2.05) is 18.2 Å². The van der Waals surface area contributed by atoms with Gasteiger partial charge in [-0.2, -0.15) is 0 Å². The summed E-state index contributed by atoms with van der Waals surface area (Å²) in [5.41, 5.74) is 2.18. The molecule has 128 valence electrons. The number of hydrogen-bond donors (Lipinski definition) is 1. The highest BCUT2D eigenvalue weighted by molar-refractivity contribution is 7.13. The number of hydrogen-bond acceptors (Lipinski definition) is 4. The monoisotopic (exact) mass is 393 g/mol. The molecular formula is C18H13Cl2NO3S. The van der Waals surface area contributed by atoms with Crippen LogP contribution < -0.4 is 4.74 Å². The van der Waals surface area contributed by atoms with Crippen molar-refractivity contribution in [1.29, 1.82) is 0 Å². The van der Waals surface area contributed by atoms with Crippen molar-refractivity contribution < 1.29 is 14.6 Å². The van der Waals surface area contributed by atoms with E-state index in [2.05, 4.69) is 4.98 Å². The molecule has 1 aromatic heterocycles. The van der Waals surface area contributed by atoms with E-state index in [-0.39, 0.29) is 6.42 Å². The van der Waals surface area contributed by atoms with Crippen LogP contribution in [0.1, 0.15) is 11.3 Å². The number of aromatic nitrogens is 1. The first kappa shape index (κ1) is 17.7. The van der Waals surface area contributed by atoms with Gasteiger partial charge in [0.25, 0.3) is 0 Å². The van der Waals surface area contributed by atoms with Crippen molar-refractivity contribution in [2.75, 3.05) is 0 Å². The number of carboxylic acids is 1. The predicted molar refractivity (Wildman–Crippen MR) is 99.7 cm³/mol. The number of thiazole rings is 1. The lowest BCUT2D eigenvalue weighted by atomic mass is 10.2. The fraction of sp³-hybridized carbons (Fsp3) is 0.111. The molecule has 2 aromatic carbocycles. The van der Waals surface area contributed by atoms with Gasteiger partial charge >= 0.3 is 5.97 Å². The molecule has 1 heterocycles. The molecule has 25 heavy (non-hydrogen) atoms. The molecule has 0 aliphatic heterocycles. The van der Waals surface area contributed by atoms with Crippen molar-refractivity contribution in [2.45, 2.75) is 13.0 Å². The predicted octanol–water partition coefficient (Wildman–Crippen LogP) is 5.32. The molecule has 0 amide bonds. The van der Waals surface area contributed by atoms with Gasteiger partial charge in [0.15, 0.2) is 0 Å². The Balaban J connectivity index is 1.85. The molecule has 0 saturated carbocycles. The Hall–Kier alpha value is -2.08. The summed E-state index contributed by atoms with van der Waals surface area (Å²) >= 11 is 13.5. The van der Waals surface area contributed by atoms with Gasteiger partial charge in [0.1, 0.15) is 17.4 Å². The van der Waals surface area contributed by atoms with Crippen LogP contribution in [0.3, 0.4) is 0 Å². The Kier molecular flexibility index (Phi) is 5.58. The fourth-order valence-electron chi connectivity index (χ4n) is 2.25. The van der Waals surface area contributed by atoms with Gasteiger partial charge in [-0.05, 0) is 35.9 Å². The van der Waals surface area contributed by atoms with E-state index in [4.69, 9.17) is 33.0 Å². The van der Waals surface area contributed by atoms with Gasteiger partial charge < -0.3 is 9.84 Å². The maximum atomic E-state index is 10.8. The second-order valence-corrected chi connectivity index (χ2v) is 7.00. The summed E-state index contributed by atoms with van der Waals surface area (Å²) in [5, 5.41) is 12.5. The second-order valence-electron chi connectivity index (χ2n) is 5.27. The zero-order valence-corrected chi connectivity index (χ0v) is 15.2. The summed E-state index contributed by atoms with van der Waals surface area (Å²) < 4.78 is 5.91. The molecule has 7 heteroatoms. The average Bonchev–Trinajstić information content (AvgIpc) is 3.01. The molecule has 0 fully saturated rings. The van der Waals surface area contributed by atoms with Crippen LogP contribution in [0.25, 0.3) is 10.6 Å². The molecule has 0 atom stereocenters. The van der Waals surface area contributed by atoms with Crippen LogP contribution in [0.2, 0.25) is 10.0 Å². The van der Waals surface area contributed by atoms with Crippen molar-refractivity contribution >= 4 is 40.5 Å². The topological polar surface area (TPSA) is 59.4 Å². The van der Waals surface area contributed by atoms with E-state index in [1.54, 1.807) is 29.6 Å². The van der Waals surface area contributed by atoms with Crippen molar-refractivity contribution in [1.82, 2.24) is 4.98 Å². The van der Waals surface area contributed by atoms with Gasteiger partial charge in [0.05, 0.1) is 17.7 Å². The van der Waals surface area contributed by atoms with Crippen LogP contribution in [0.15, 0.2) is 47.8 Å². The van der Waals surface area contributed by atoms with Gasteiger partial charge in [-0.25, -0.2) is 4.98 Å². The molecule has 0 bridgehead atoms. The van der Waals surface area contributed by atoms with Crippen LogP contribution in [0.5, 0.6) is 5.75 Å². The number of benzene rings is 2. The molecule has 0 radical (unpaired) electrons. The number of nitrogens with zero attached hydrogens (tertiary/aromatic N) is 1. The number of aliphatic carboxylic acids is 1. The van der Waals surface area contributed by atoms with Gasteiger partial charge in [-0.15, -0.1) is 11.3 Å². The van der Waals surface area contributed by atoms with Crippen molar-refractivity contribution in [3.8, 4) is 16.3 Å². The van der Waals surface area contributed by atoms with E-state index >= 15 is 0 Å². The van der Waals surface area contributed by atoms with Crippen molar-refractivity contribution in [3.05, 3.63) is 69.1 Å². The van der Waals surface area contributed by atoms with E-state index in [0.717, 1.165) is 11.1 Å². The lowest BCUT2D eigenvalue weighted by Crippen LogP contribution is -2.00. The molecule has 1 N–H and O–H groups in total. The molecular weight excluding hydrogens is 381 g/mol. The summed E-state index contributed by atoms with van der Waals surface area (Å²) in [4.78, 5) is 15.2. The van der Waals surface area contributed by atoms with E-state index in [9.17, 15) is 4.79 Å². The number of rotatable bonds is 6. The normalized spacial score (nSPS) is 10.6. The van der Waals surface area contributed by atoms with Crippen LogP contribution in [-0.4, -0.2) is 16.1 Å². The maximum absolute atomic E-state index is 10.8. The smallest absolute Gasteiger partial charge is 0.309 e. The number of halogens is 2. The number of ether oxygens (including phenoxy) is 1. The van der Waals surface area contributed by atoms with Gasteiger partial charge in [-0.1, -0.05) is 35.3 Å². The number of carbonyl (C=O) groups is 1. The number of carboxylic acid groups (broad SMARTS) is 1. The molecule has 0 saturated heterocycles. The minimum atomic E-state index is -0.916. The Bertz CT molecular complexity index is 911. The lowest BCUT2D eigenvalue weighted by molar-refractivity contribution is -0.136. The zero-order valence-electron chi connectivity index (χ0n) is 12.9. The lowest BCUT2D eigenvalue weighted by Gasteiger charge is -2.11. The first-order valence-electron chi connectivity index (χ1n) is 7.34. The third kappa shape index (κ3) is 4.72. The Morgan fingerprint density at radius 1 is 1.16 bits per heavy atom. The molecule has 0 unspecified atom stereocenters. The van der Waals surface area contributed by atoms with E-state index in [0.29, 0.717) is 33.1 Å². The molecule has 4 nitrogen and oxygen atoms in total. The average molecular weight is 394 g/mol. The zero-order chi connectivity index (χ0) is 17.8. The van der Waals surface area contributed by atoms with Crippen molar-refractivity contribution in [3.63, 3.8) is 0 Å². The van der Waals surface area contributed by atoms with Gasteiger partial charge in [0.2, 0.25) is 0 Å². The first-order valence-corrected chi connectivity index (χ1v) is 8.98. The summed E-state index contributed by atoms with van der Waals surface area (Å²) in [7, 11) is 0. The molecule has 0 aliphatic rings. The Morgan fingerprint density at radius 3 is 2.72 bits per heavy atom. The Morgan fingerprint density at radius 2 is 1.96 bits per heavy atom. The van der Waals surface area contributed by atoms with Gasteiger partial charge in [-0.3, -0.25) is 4.79 Å². The fourth-order valence-corrected chi connectivity index (χ4v) is 3.47. The Labute approximate surface area is 158 Å². The summed E-state index contributed by atoms with van der Waals surface area (Å²) in [6, 6.07) is 12.7. The van der Waals surface area contributed by atoms with Crippen LogP contribution in [0.4, 0.5) is 0 Å². The molecule has 3 rings (SSSR count). The molecule has 0 aliphatic carbocycles. The van der Waals surface area contributed by atoms with Crippen molar-refractivity contribution in [2.24, 2.45) is 0 Å². The molecule has 0 spiro atoms. The highest BCUT2D eigenvalue weighted by atomic mass is 35.5. The highest BCUT2D eigenvalue weighted by Gasteiger charge is 2.13. The van der Waals surface area contributed by atoms with Crippen LogP contribution in [-0.2, 0) is 17.8 Å². The van der Waals surface area contributed by atoms with Gasteiger partial charge in [0, 0.05) is 15.4 Å². The maximum Gasteiger partial charge on any atom is 0.309 e. The van der Waals surface area contributed by atoms with Crippen LogP contribution in [0, 0.1) is 0 Å². The largest absolute Gasteiger partial charge is 0.488 e. The summed E-state index contributed by atoms with van der Waals surface area (Å²) in [6.45, 7) is 0.350. The second kappa shape index (κ2) is 7.87. The quantitative estimate of drug-likeness (QED) is 0.615. The van der Waals surface area contributed by atoms with Crippen LogP contribution >= 0.6 is 34.5 Å². The SMILES string of the molecule is O=C(O)Cc1csc(-c2cc(Cl)ccc2OCc2cccc(Cl)c2)n1. The van der Waals surface area contributed by atoms with E-state index < -0.39 is 5.97 Å². The summed E-state index contributed by atoms with van der Waals surface area (Å²) in [5.74, 6) is -0.291. The minimum absolute atomic E-state index is 0.115. The highest BCUT2D eigenvalue weighted by Crippen LogP contribution is 2.35. The molecule has 3 aromatic rings. The standard InChI is InChI=1S/C18H13Cl2NO3S/c19-12-3-1-2-11(6-12)9-24-16-5-4-13(20)7-15(16)18-21-14(10-25-18)8-17(22)23/h1-7,10H,8-9H2,(H,22,23). The first-order chi connectivity index (χ1) is 12.0. The third-order valence-corrected chi connectivity index (χ3v) is 4.73. The summed E-state index contributed by atoms with van der Waals surface area (Å²) in [6.07, 6.45) is -0.115. The minimum Gasteiger partial charge on any atom is -0.488 e. The third-order valence-electron chi connectivity index (χ3n) is 3.34.